The van der Waals surface area contributed by atoms with Crippen LogP contribution < -0.4 is 5.32 Å². The zero-order valence-corrected chi connectivity index (χ0v) is 11.0. The van der Waals surface area contributed by atoms with Gasteiger partial charge in [-0.3, -0.25) is 0 Å². The van der Waals surface area contributed by atoms with Crippen LogP contribution in [0, 0.1) is 6.92 Å². The van der Waals surface area contributed by atoms with Gasteiger partial charge in [0.15, 0.2) is 0 Å². The molecule has 0 radical (unpaired) electrons. The molecule has 3 rings (SSSR count). The molecular weight excluding hydrogens is 263 g/mol. The van der Waals surface area contributed by atoms with Gasteiger partial charge in [-0.15, -0.1) is 0 Å². The van der Waals surface area contributed by atoms with Crippen LogP contribution in [0.25, 0.3) is 11.1 Å². The van der Waals surface area contributed by atoms with E-state index in [0.717, 1.165) is 35.8 Å². The van der Waals surface area contributed by atoms with Crippen molar-refractivity contribution < 1.29 is 13.2 Å². The largest absolute Gasteiger partial charge is 0.416 e. The highest BCUT2D eigenvalue weighted by atomic mass is 19.4. The summed E-state index contributed by atoms with van der Waals surface area (Å²) in [5.74, 6) is 0. The van der Waals surface area contributed by atoms with Crippen molar-refractivity contribution in [1.82, 2.24) is 0 Å². The number of rotatable bonds is 1. The van der Waals surface area contributed by atoms with E-state index in [1.165, 1.54) is 11.6 Å². The molecule has 0 unspecified atom stereocenters. The second kappa shape index (κ2) is 4.54. The predicted molar refractivity (Wildman–Crippen MR) is 73.8 cm³/mol. The van der Waals surface area contributed by atoms with Gasteiger partial charge in [-0.1, -0.05) is 18.2 Å². The Bertz CT molecular complexity index is 659. The molecule has 0 aliphatic carbocycles. The average molecular weight is 277 g/mol. The molecule has 1 nitrogen and oxygen atoms in total. The van der Waals surface area contributed by atoms with Crippen LogP contribution in [0.4, 0.5) is 18.9 Å². The first kappa shape index (κ1) is 13.0. The van der Waals surface area contributed by atoms with Crippen molar-refractivity contribution in [2.24, 2.45) is 0 Å². The van der Waals surface area contributed by atoms with Crippen molar-refractivity contribution >= 4 is 5.69 Å². The van der Waals surface area contributed by atoms with Gasteiger partial charge in [-0.25, -0.2) is 0 Å². The van der Waals surface area contributed by atoms with Crippen LogP contribution in [-0.2, 0) is 12.6 Å². The molecule has 0 bridgehead atoms. The summed E-state index contributed by atoms with van der Waals surface area (Å²) in [6.45, 7) is 2.63. The highest BCUT2D eigenvalue weighted by Gasteiger charge is 2.30. The van der Waals surface area contributed by atoms with Gasteiger partial charge < -0.3 is 5.32 Å². The molecule has 20 heavy (non-hydrogen) atoms. The molecule has 4 heteroatoms. The number of fused-ring (bicyclic) bond motifs is 1. The first-order valence-corrected chi connectivity index (χ1v) is 6.50. The van der Waals surface area contributed by atoms with Crippen LogP contribution in [0.15, 0.2) is 36.4 Å². The van der Waals surface area contributed by atoms with Crippen LogP contribution in [0.5, 0.6) is 0 Å². The summed E-state index contributed by atoms with van der Waals surface area (Å²) < 4.78 is 38.0. The maximum absolute atomic E-state index is 12.7. The first-order valence-electron chi connectivity index (χ1n) is 6.50. The molecular formula is C16H14F3N. The second-order valence-electron chi connectivity index (χ2n) is 5.08. The van der Waals surface area contributed by atoms with E-state index >= 15 is 0 Å². The number of hydrogen-bond donors (Lipinski definition) is 1. The summed E-state index contributed by atoms with van der Waals surface area (Å²) in [7, 11) is 0. The number of aryl methyl sites for hydroxylation is 1. The Hall–Kier alpha value is -1.97. The third kappa shape index (κ3) is 2.26. The zero-order chi connectivity index (χ0) is 14.3. The Morgan fingerprint density at radius 1 is 1.05 bits per heavy atom. The van der Waals surface area contributed by atoms with Crippen LogP contribution in [0.1, 0.15) is 16.7 Å². The Labute approximate surface area is 115 Å². The van der Waals surface area contributed by atoms with Gasteiger partial charge in [0, 0.05) is 12.2 Å². The van der Waals surface area contributed by atoms with E-state index in [4.69, 9.17) is 0 Å². The normalized spacial score (nSPS) is 14.0. The quantitative estimate of drug-likeness (QED) is 0.800. The molecule has 2 aromatic rings. The van der Waals surface area contributed by atoms with Gasteiger partial charge in [0.05, 0.1) is 5.56 Å². The average Bonchev–Trinajstić information content (AvgIpc) is 2.84. The minimum absolute atomic E-state index is 0.599. The van der Waals surface area contributed by atoms with Crippen molar-refractivity contribution in [3.8, 4) is 11.1 Å². The van der Waals surface area contributed by atoms with E-state index in [1.54, 1.807) is 13.0 Å². The van der Waals surface area contributed by atoms with Crippen LogP contribution >= 0.6 is 0 Å². The molecule has 0 atom stereocenters. The summed E-state index contributed by atoms with van der Waals surface area (Å²) in [4.78, 5) is 0. The SMILES string of the molecule is Cc1cc(C(F)(F)F)ccc1-c1ccc2c(c1)NCC2. The lowest BCUT2D eigenvalue weighted by atomic mass is 9.97. The standard InChI is InChI=1S/C16H14F3N/c1-10-8-13(16(17,18)19)4-5-14(10)12-3-2-11-6-7-20-15(11)9-12/h2-5,8-9,20H,6-7H2,1H3. The minimum Gasteiger partial charge on any atom is -0.384 e. The van der Waals surface area contributed by atoms with Gasteiger partial charge in [-0.05, 0) is 53.8 Å². The van der Waals surface area contributed by atoms with E-state index in [2.05, 4.69) is 5.32 Å². The summed E-state index contributed by atoms with van der Waals surface area (Å²) in [5.41, 5.74) is 4.18. The van der Waals surface area contributed by atoms with E-state index in [9.17, 15) is 13.2 Å². The predicted octanol–water partition coefficient (Wildman–Crippen LogP) is 4.65. The molecule has 104 valence electrons. The smallest absolute Gasteiger partial charge is 0.384 e. The number of anilines is 1. The molecule has 1 heterocycles. The summed E-state index contributed by atoms with van der Waals surface area (Å²) >= 11 is 0. The number of benzene rings is 2. The maximum Gasteiger partial charge on any atom is 0.416 e. The fraction of sp³-hybridized carbons (Fsp3) is 0.250. The van der Waals surface area contributed by atoms with E-state index in [0.29, 0.717) is 5.56 Å². The molecule has 0 fully saturated rings. The molecule has 0 spiro atoms. The molecule has 0 saturated carbocycles. The van der Waals surface area contributed by atoms with Crippen molar-refractivity contribution in [2.75, 3.05) is 11.9 Å². The second-order valence-corrected chi connectivity index (χ2v) is 5.08. The fourth-order valence-corrected chi connectivity index (χ4v) is 2.62. The lowest BCUT2D eigenvalue weighted by Gasteiger charge is -2.12. The number of alkyl halides is 3. The number of halogens is 3. The molecule has 0 saturated heterocycles. The Morgan fingerprint density at radius 3 is 2.55 bits per heavy atom. The van der Waals surface area contributed by atoms with Crippen LogP contribution in [0.2, 0.25) is 0 Å². The van der Waals surface area contributed by atoms with E-state index < -0.39 is 11.7 Å². The monoisotopic (exact) mass is 277 g/mol. The van der Waals surface area contributed by atoms with Gasteiger partial charge in [0.25, 0.3) is 0 Å². The Balaban J connectivity index is 2.03. The third-order valence-corrected chi connectivity index (χ3v) is 3.68. The topological polar surface area (TPSA) is 12.0 Å². The van der Waals surface area contributed by atoms with Crippen LogP contribution in [0.3, 0.4) is 0 Å². The van der Waals surface area contributed by atoms with E-state index in [1.807, 2.05) is 18.2 Å². The summed E-state index contributed by atoms with van der Waals surface area (Å²) in [5, 5.41) is 3.29. The van der Waals surface area contributed by atoms with E-state index in [-0.39, 0.29) is 0 Å². The van der Waals surface area contributed by atoms with Crippen molar-refractivity contribution in [1.29, 1.82) is 0 Å². The third-order valence-electron chi connectivity index (χ3n) is 3.68. The molecule has 0 amide bonds. The minimum atomic E-state index is -4.29. The summed E-state index contributed by atoms with van der Waals surface area (Å²) in [6.07, 6.45) is -3.29. The molecule has 1 N–H and O–H groups in total. The van der Waals surface area contributed by atoms with Gasteiger partial charge in [0.1, 0.15) is 0 Å². The highest BCUT2D eigenvalue weighted by Crippen LogP contribution is 2.35. The molecule has 1 aliphatic heterocycles. The maximum atomic E-state index is 12.7. The van der Waals surface area contributed by atoms with Crippen molar-refractivity contribution in [3.05, 3.63) is 53.1 Å². The molecule has 0 aromatic heterocycles. The van der Waals surface area contributed by atoms with Gasteiger partial charge in [-0.2, -0.15) is 13.2 Å². The number of nitrogens with one attached hydrogen (secondary N) is 1. The first-order chi connectivity index (χ1) is 9.45. The van der Waals surface area contributed by atoms with Crippen molar-refractivity contribution in [2.45, 2.75) is 19.5 Å². The number of hydrogen-bond acceptors (Lipinski definition) is 1. The Kier molecular flexibility index (Phi) is 2.96. The highest BCUT2D eigenvalue weighted by molar-refractivity contribution is 5.73. The zero-order valence-electron chi connectivity index (χ0n) is 11.0. The van der Waals surface area contributed by atoms with Gasteiger partial charge in [0.2, 0.25) is 0 Å². The Morgan fingerprint density at radius 2 is 1.85 bits per heavy atom. The van der Waals surface area contributed by atoms with Crippen molar-refractivity contribution in [3.63, 3.8) is 0 Å². The lowest BCUT2D eigenvalue weighted by molar-refractivity contribution is -0.137. The fourth-order valence-electron chi connectivity index (χ4n) is 2.62. The van der Waals surface area contributed by atoms with Crippen LogP contribution in [-0.4, -0.2) is 6.54 Å². The summed E-state index contributed by atoms with van der Waals surface area (Å²) in [6, 6.07) is 9.93. The molecule has 1 aliphatic rings. The lowest BCUT2D eigenvalue weighted by Crippen LogP contribution is -2.05. The van der Waals surface area contributed by atoms with Gasteiger partial charge >= 0.3 is 6.18 Å². The molecule has 2 aromatic carbocycles.